The molecule has 11 nitrogen and oxygen atoms in total. The van der Waals surface area contributed by atoms with E-state index in [0.717, 1.165) is 0 Å². The number of thiophene rings is 1. The summed E-state index contributed by atoms with van der Waals surface area (Å²) in [4.78, 5) is 40.9. The summed E-state index contributed by atoms with van der Waals surface area (Å²) >= 11 is 7.04. The first-order valence-corrected chi connectivity index (χ1v) is 12.9. The molecule has 4 N–H and O–H groups in total. The topological polar surface area (TPSA) is 141 Å². The van der Waals surface area contributed by atoms with Crippen LogP contribution in [-0.2, 0) is 9.47 Å². The maximum Gasteiger partial charge on any atom is 0.414 e. The van der Waals surface area contributed by atoms with Gasteiger partial charge >= 0.3 is 12.1 Å². The number of aliphatic hydroxyl groups is 2. The van der Waals surface area contributed by atoms with Crippen LogP contribution in [0.3, 0.4) is 0 Å². The number of benzene rings is 1. The fourth-order valence-corrected chi connectivity index (χ4v) is 4.42. The van der Waals surface area contributed by atoms with E-state index in [-0.39, 0.29) is 50.7 Å². The first-order chi connectivity index (χ1) is 17.6. The largest absolute Gasteiger partial charge is 0.442 e. The van der Waals surface area contributed by atoms with Gasteiger partial charge in [-0.05, 0) is 42.3 Å². The number of rotatable bonds is 12. The molecule has 0 radical (unpaired) electrons. The number of nitrogens with one attached hydrogen (secondary N) is 2. The number of carbonyl (C=O) groups is 3. The molecule has 202 valence electrons. The third-order valence-electron chi connectivity index (χ3n) is 5.27. The van der Waals surface area contributed by atoms with Crippen LogP contribution < -0.4 is 20.4 Å². The van der Waals surface area contributed by atoms with Crippen molar-refractivity contribution in [2.24, 2.45) is 5.92 Å². The van der Waals surface area contributed by atoms with Crippen LogP contribution >= 0.6 is 22.9 Å². The highest BCUT2D eigenvalue weighted by atomic mass is 35.5. The molecule has 0 aliphatic carbocycles. The standard InChI is InChI=1S/C24H31ClN4O7S/c1-15(2)11-27-23(33)28(9-10-35-14-21(30)31)16-3-5-17(6-4-16)29-13-18(36-24(29)34)12-26-22(32)19-7-8-20(25)37-19/h3-8,15,18,21,30-31H,9-14H2,1-2H3,(H,26,32)(H,27,33)/t18-/m0/s1. The Morgan fingerprint density at radius 1 is 1.22 bits per heavy atom. The molecule has 0 unspecified atom stereocenters. The quantitative estimate of drug-likeness (QED) is 0.233. The van der Waals surface area contributed by atoms with Crippen LogP contribution in [0.1, 0.15) is 23.5 Å². The fraction of sp³-hybridized carbons (Fsp3) is 0.458. The Morgan fingerprint density at radius 2 is 1.95 bits per heavy atom. The Morgan fingerprint density at radius 3 is 2.57 bits per heavy atom. The summed E-state index contributed by atoms with van der Waals surface area (Å²) in [6.07, 6.45) is -2.65. The Balaban J connectivity index is 1.60. The number of urea groups is 1. The first-order valence-electron chi connectivity index (χ1n) is 11.7. The molecule has 1 aromatic heterocycles. The number of aliphatic hydroxyl groups excluding tert-OH is 1. The predicted molar refractivity (Wildman–Crippen MR) is 140 cm³/mol. The van der Waals surface area contributed by atoms with Crippen molar-refractivity contribution in [2.75, 3.05) is 49.2 Å². The summed E-state index contributed by atoms with van der Waals surface area (Å²) < 4.78 is 11.1. The van der Waals surface area contributed by atoms with E-state index < -0.39 is 18.5 Å². The van der Waals surface area contributed by atoms with E-state index in [9.17, 15) is 14.4 Å². The number of hydrogen-bond donors (Lipinski definition) is 4. The van der Waals surface area contributed by atoms with Crippen LogP contribution in [0.4, 0.5) is 21.0 Å². The molecule has 2 heterocycles. The van der Waals surface area contributed by atoms with E-state index in [1.54, 1.807) is 36.4 Å². The molecular weight excluding hydrogens is 524 g/mol. The third-order valence-corrected chi connectivity index (χ3v) is 6.50. The lowest BCUT2D eigenvalue weighted by Crippen LogP contribution is -2.43. The molecule has 37 heavy (non-hydrogen) atoms. The van der Waals surface area contributed by atoms with Crippen LogP contribution in [0.5, 0.6) is 0 Å². The molecule has 0 bridgehead atoms. The van der Waals surface area contributed by atoms with E-state index in [2.05, 4.69) is 10.6 Å². The number of carbonyl (C=O) groups excluding carboxylic acids is 3. The van der Waals surface area contributed by atoms with Gasteiger partial charge < -0.3 is 30.3 Å². The zero-order chi connectivity index (χ0) is 26.9. The maximum atomic E-state index is 12.8. The average Bonchev–Trinajstić information content (AvgIpc) is 3.46. The summed E-state index contributed by atoms with van der Waals surface area (Å²) in [5.41, 5.74) is 1.15. The molecule has 1 saturated heterocycles. The summed E-state index contributed by atoms with van der Waals surface area (Å²) in [5.74, 6) is -0.0277. The van der Waals surface area contributed by atoms with Gasteiger partial charge in [0.25, 0.3) is 5.91 Å². The minimum absolute atomic E-state index is 0.0952. The van der Waals surface area contributed by atoms with E-state index in [4.69, 9.17) is 31.3 Å². The lowest BCUT2D eigenvalue weighted by Gasteiger charge is -2.24. The molecular formula is C24H31ClN4O7S. The van der Waals surface area contributed by atoms with Crippen molar-refractivity contribution in [2.45, 2.75) is 26.2 Å². The van der Waals surface area contributed by atoms with Crippen LogP contribution in [0.15, 0.2) is 36.4 Å². The Labute approximate surface area is 223 Å². The summed E-state index contributed by atoms with van der Waals surface area (Å²) in [7, 11) is 0. The van der Waals surface area contributed by atoms with Crippen molar-refractivity contribution in [3.63, 3.8) is 0 Å². The monoisotopic (exact) mass is 554 g/mol. The van der Waals surface area contributed by atoms with Crippen molar-refractivity contribution in [1.29, 1.82) is 0 Å². The van der Waals surface area contributed by atoms with Gasteiger partial charge in [-0.25, -0.2) is 9.59 Å². The fourth-order valence-electron chi connectivity index (χ4n) is 3.46. The molecule has 13 heteroatoms. The van der Waals surface area contributed by atoms with E-state index in [0.29, 0.717) is 27.1 Å². The molecule has 2 aromatic rings. The van der Waals surface area contributed by atoms with Crippen molar-refractivity contribution < 1.29 is 34.1 Å². The minimum atomic E-state index is -1.59. The van der Waals surface area contributed by atoms with Gasteiger partial charge in [0.2, 0.25) is 0 Å². The van der Waals surface area contributed by atoms with Crippen molar-refractivity contribution in [1.82, 2.24) is 10.6 Å². The molecule has 0 spiro atoms. The second kappa shape index (κ2) is 13.6. The Kier molecular flexibility index (Phi) is 10.5. The van der Waals surface area contributed by atoms with Crippen molar-refractivity contribution >= 4 is 52.3 Å². The Bertz CT molecular complexity index is 1060. The van der Waals surface area contributed by atoms with Gasteiger partial charge in [0, 0.05) is 17.9 Å². The molecule has 1 aliphatic heterocycles. The van der Waals surface area contributed by atoms with Crippen molar-refractivity contribution in [3.05, 3.63) is 45.6 Å². The normalized spacial score (nSPS) is 15.3. The Hall–Kier alpha value is -2.90. The molecule has 3 rings (SSSR count). The van der Waals surface area contributed by atoms with E-state index >= 15 is 0 Å². The number of hydrogen-bond acceptors (Lipinski definition) is 8. The second-order valence-electron chi connectivity index (χ2n) is 8.73. The number of halogens is 1. The molecule has 0 saturated carbocycles. The predicted octanol–water partition coefficient (Wildman–Crippen LogP) is 2.66. The molecule has 4 amide bonds. The van der Waals surface area contributed by atoms with E-state index in [1.807, 2.05) is 13.8 Å². The maximum absolute atomic E-state index is 12.8. The van der Waals surface area contributed by atoms with Gasteiger partial charge in [-0.2, -0.15) is 0 Å². The number of anilines is 2. The minimum Gasteiger partial charge on any atom is -0.442 e. The lowest BCUT2D eigenvalue weighted by molar-refractivity contribution is -0.0933. The highest BCUT2D eigenvalue weighted by Crippen LogP contribution is 2.25. The van der Waals surface area contributed by atoms with Gasteiger partial charge in [-0.15, -0.1) is 11.3 Å². The number of cyclic esters (lactones) is 1. The van der Waals surface area contributed by atoms with Crippen LogP contribution in [0.2, 0.25) is 4.34 Å². The van der Waals surface area contributed by atoms with Crippen molar-refractivity contribution in [3.8, 4) is 0 Å². The highest BCUT2D eigenvalue weighted by Gasteiger charge is 2.32. The van der Waals surface area contributed by atoms with Gasteiger partial charge in [-0.3, -0.25) is 14.6 Å². The van der Waals surface area contributed by atoms with Gasteiger partial charge in [0.15, 0.2) is 6.29 Å². The van der Waals surface area contributed by atoms with Gasteiger partial charge in [0.1, 0.15) is 6.10 Å². The summed E-state index contributed by atoms with van der Waals surface area (Å²) in [5, 5.41) is 23.5. The SMILES string of the molecule is CC(C)CNC(=O)N(CCOCC(O)O)c1ccc(N2C[C@H](CNC(=O)c3ccc(Cl)s3)OC2=O)cc1. The van der Waals surface area contributed by atoms with Gasteiger partial charge in [-0.1, -0.05) is 25.4 Å². The zero-order valence-electron chi connectivity index (χ0n) is 20.6. The van der Waals surface area contributed by atoms with Gasteiger partial charge in [0.05, 0.1) is 42.1 Å². The zero-order valence-corrected chi connectivity index (χ0v) is 22.1. The number of nitrogens with zero attached hydrogens (tertiary/aromatic N) is 2. The first kappa shape index (κ1) is 28.7. The second-order valence-corrected chi connectivity index (χ2v) is 10.4. The lowest BCUT2D eigenvalue weighted by atomic mass is 10.2. The van der Waals surface area contributed by atoms with Crippen LogP contribution in [0, 0.1) is 5.92 Å². The summed E-state index contributed by atoms with van der Waals surface area (Å²) in [6.45, 7) is 4.87. The average molecular weight is 555 g/mol. The summed E-state index contributed by atoms with van der Waals surface area (Å²) in [6, 6.07) is 9.76. The highest BCUT2D eigenvalue weighted by molar-refractivity contribution is 7.18. The van der Waals surface area contributed by atoms with E-state index in [1.165, 1.54) is 21.1 Å². The number of amides is 4. The van der Waals surface area contributed by atoms with Crippen LogP contribution in [-0.4, -0.2) is 80.0 Å². The third kappa shape index (κ3) is 8.58. The molecule has 1 fully saturated rings. The van der Waals surface area contributed by atoms with Crippen LogP contribution in [0.25, 0.3) is 0 Å². The smallest absolute Gasteiger partial charge is 0.414 e. The number of ether oxygens (including phenoxy) is 2. The molecule has 1 atom stereocenters. The molecule has 1 aliphatic rings. The molecule has 1 aromatic carbocycles.